The third kappa shape index (κ3) is 5.80. The maximum Gasteiger partial charge on any atom is 0.238 e. The zero-order valence-electron chi connectivity index (χ0n) is 17.8. The summed E-state index contributed by atoms with van der Waals surface area (Å²) in [5, 5.41) is 3.16. The summed E-state index contributed by atoms with van der Waals surface area (Å²) in [6, 6.07) is 8.06. The molecule has 1 amide bonds. The summed E-state index contributed by atoms with van der Waals surface area (Å²) in [7, 11) is -3.35. The second-order valence-electron chi connectivity index (χ2n) is 8.42. The van der Waals surface area contributed by atoms with E-state index in [1.807, 2.05) is 6.92 Å². The number of piperidine rings is 2. The number of likely N-dealkylation sites (tertiary alicyclic amines) is 1. The molecule has 3 rings (SSSR count). The van der Waals surface area contributed by atoms with Crippen molar-refractivity contribution in [2.24, 2.45) is 0 Å². The van der Waals surface area contributed by atoms with Crippen LogP contribution in [0.25, 0.3) is 0 Å². The third-order valence-corrected chi connectivity index (χ3v) is 8.24. The molecule has 1 unspecified atom stereocenters. The number of nitrogens with one attached hydrogen (secondary N) is 1. The van der Waals surface area contributed by atoms with Crippen molar-refractivity contribution in [2.75, 3.05) is 25.4 Å². The standard InChI is InChI=1S/C22H35N3O3S/c1-3-16-29(27,28)25-13-7-6-10-21(25)22(26)23-20-11-14-24(15-12-20)17-19-9-5-4-8-18(19)2/h4-5,8-9,20-21H,3,6-7,10-17H2,1-2H3,(H,23,26). The van der Waals surface area contributed by atoms with Gasteiger partial charge in [-0.25, -0.2) is 8.42 Å². The zero-order chi connectivity index (χ0) is 20.9. The van der Waals surface area contributed by atoms with Crippen LogP contribution in [-0.4, -0.2) is 61.0 Å². The lowest BCUT2D eigenvalue weighted by atomic mass is 10.0. The van der Waals surface area contributed by atoms with Crippen LogP contribution >= 0.6 is 0 Å². The van der Waals surface area contributed by atoms with Gasteiger partial charge < -0.3 is 5.32 Å². The van der Waals surface area contributed by atoms with Crippen LogP contribution in [0.5, 0.6) is 0 Å². The highest BCUT2D eigenvalue weighted by atomic mass is 32.2. The maximum absolute atomic E-state index is 12.9. The Balaban J connectivity index is 1.53. The first-order chi connectivity index (χ1) is 13.9. The molecule has 2 saturated heterocycles. The number of sulfonamides is 1. The SMILES string of the molecule is CCCS(=O)(=O)N1CCCCC1C(=O)NC1CCN(Cc2ccccc2C)CC1. The van der Waals surface area contributed by atoms with Gasteiger partial charge in [0, 0.05) is 32.2 Å². The molecular weight excluding hydrogens is 386 g/mol. The van der Waals surface area contributed by atoms with E-state index >= 15 is 0 Å². The fourth-order valence-electron chi connectivity index (χ4n) is 4.44. The topological polar surface area (TPSA) is 69.7 Å². The molecular formula is C22H35N3O3S. The van der Waals surface area contributed by atoms with E-state index < -0.39 is 16.1 Å². The van der Waals surface area contributed by atoms with Gasteiger partial charge in [0.1, 0.15) is 6.04 Å². The third-order valence-electron chi connectivity index (χ3n) is 6.16. The van der Waals surface area contributed by atoms with Gasteiger partial charge in [0.05, 0.1) is 5.75 Å². The van der Waals surface area contributed by atoms with E-state index in [1.165, 1.54) is 15.4 Å². The predicted octanol–water partition coefficient (Wildman–Crippen LogP) is 2.67. The van der Waals surface area contributed by atoms with Crippen molar-refractivity contribution in [2.45, 2.75) is 71.0 Å². The molecule has 0 saturated carbocycles. The molecule has 7 heteroatoms. The quantitative estimate of drug-likeness (QED) is 0.735. The van der Waals surface area contributed by atoms with Gasteiger partial charge in [0.2, 0.25) is 15.9 Å². The summed E-state index contributed by atoms with van der Waals surface area (Å²) in [6.07, 6.45) is 4.76. The van der Waals surface area contributed by atoms with E-state index in [1.54, 1.807) is 0 Å². The smallest absolute Gasteiger partial charge is 0.238 e. The summed E-state index contributed by atoms with van der Waals surface area (Å²) < 4.78 is 26.6. The molecule has 0 aliphatic carbocycles. The summed E-state index contributed by atoms with van der Waals surface area (Å²) >= 11 is 0. The van der Waals surface area contributed by atoms with Crippen molar-refractivity contribution in [1.82, 2.24) is 14.5 Å². The highest BCUT2D eigenvalue weighted by molar-refractivity contribution is 7.89. The van der Waals surface area contributed by atoms with Crippen molar-refractivity contribution in [3.05, 3.63) is 35.4 Å². The molecule has 0 radical (unpaired) electrons. The Morgan fingerprint density at radius 2 is 1.83 bits per heavy atom. The number of carbonyl (C=O) groups is 1. The molecule has 162 valence electrons. The summed E-state index contributed by atoms with van der Waals surface area (Å²) in [6.45, 7) is 7.31. The van der Waals surface area contributed by atoms with Crippen LogP contribution in [0.4, 0.5) is 0 Å². The van der Waals surface area contributed by atoms with Gasteiger partial charge in [0.15, 0.2) is 0 Å². The molecule has 1 aromatic carbocycles. The van der Waals surface area contributed by atoms with Crippen LogP contribution in [0, 0.1) is 6.92 Å². The van der Waals surface area contributed by atoms with Crippen molar-refractivity contribution in [1.29, 1.82) is 0 Å². The second-order valence-corrected chi connectivity index (χ2v) is 10.5. The Bertz CT molecular complexity index is 788. The van der Waals surface area contributed by atoms with E-state index in [2.05, 4.69) is 41.4 Å². The number of aryl methyl sites for hydroxylation is 1. The molecule has 6 nitrogen and oxygen atoms in total. The van der Waals surface area contributed by atoms with E-state index in [4.69, 9.17) is 0 Å². The minimum absolute atomic E-state index is 0.110. The number of amides is 1. The number of hydrogen-bond acceptors (Lipinski definition) is 4. The Morgan fingerprint density at radius 1 is 1.10 bits per heavy atom. The lowest BCUT2D eigenvalue weighted by Crippen LogP contribution is -2.55. The molecule has 1 atom stereocenters. The van der Waals surface area contributed by atoms with Crippen LogP contribution in [0.15, 0.2) is 24.3 Å². The molecule has 1 N–H and O–H groups in total. The largest absolute Gasteiger partial charge is 0.352 e. The zero-order valence-corrected chi connectivity index (χ0v) is 18.6. The number of benzene rings is 1. The number of rotatable bonds is 7. The Labute approximate surface area is 175 Å². The van der Waals surface area contributed by atoms with Gasteiger partial charge >= 0.3 is 0 Å². The van der Waals surface area contributed by atoms with E-state index in [0.717, 1.165) is 45.3 Å². The first-order valence-corrected chi connectivity index (χ1v) is 12.6. The molecule has 2 fully saturated rings. The summed E-state index contributed by atoms with van der Waals surface area (Å²) in [4.78, 5) is 15.3. The monoisotopic (exact) mass is 421 g/mol. The second kappa shape index (κ2) is 10.0. The van der Waals surface area contributed by atoms with E-state index in [0.29, 0.717) is 19.4 Å². The first kappa shape index (κ1) is 22.2. The fourth-order valence-corrected chi connectivity index (χ4v) is 6.18. The van der Waals surface area contributed by atoms with Crippen LogP contribution in [0.1, 0.15) is 56.6 Å². The van der Waals surface area contributed by atoms with E-state index in [9.17, 15) is 13.2 Å². The normalized spacial score (nSPS) is 22.5. The van der Waals surface area contributed by atoms with Crippen molar-refractivity contribution in [3.8, 4) is 0 Å². The minimum atomic E-state index is -3.35. The van der Waals surface area contributed by atoms with Crippen LogP contribution < -0.4 is 5.32 Å². The highest BCUT2D eigenvalue weighted by Gasteiger charge is 2.37. The van der Waals surface area contributed by atoms with Gasteiger partial charge in [-0.2, -0.15) is 4.31 Å². The van der Waals surface area contributed by atoms with Crippen molar-refractivity contribution < 1.29 is 13.2 Å². The maximum atomic E-state index is 12.9. The van der Waals surface area contributed by atoms with Gasteiger partial charge in [-0.15, -0.1) is 0 Å². The molecule has 2 aliphatic rings. The van der Waals surface area contributed by atoms with Crippen molar-refractivity contribution in [3.63, 3.8) is 0 Å². The fraction of sp³-hybridized carbons (Fsp3) is 0.682. The molecule has 0 spiro atoms. The van der Waals surface area contributed by atoms with Gasteiger partial charge in [-0.3, -0.25) is 9.69 Å². The van der Waals surface area contributed by atoms with Gasteiger partial charge in [0.25, 0.3) is 0 Å². The highest BCUT2D eigenvalue weighted by Crippen LogP contribution is 2.23. The Kier molecular flexibility index (Phi) is 7.71. The summed E-state index contributed by atoms with van der Waals surface area (Å²) in [5.41, 5.74) is 2.67. The predicted molar refractivity (Wildman–Crippen MR) is 116 cm³/mol. The minimum Gasteiger partial charge on any atom is -0.352 e. The lowest BCUT2D eigenvalue weighted by Gasteiger charge is -2.36. The van der Waals surface area contributed by atoms with E-state index in [-0.39, 0.29) is 17.7 Å². The molecule has 0 bridgehead atoms. The number of carbonyl (C=O) groups excluding carboxylic acids is 1. The Hall–Kier alpha value is -1.44. The molecule has 1 aromatic rings. The Morgan fingerprint density at radius 3 is 2.52 bits per heavy atom. The lowest BCUT2D eigenvalue weighted by molar-refractivity contribution is -0.126. The number of nitrogens with zero attached hydrogens (tertiary/aromatic N) is 2. The van der Waals surface area contributed by atoms with Crippen LogP contribution in [-0.2, 0) is 21.4 Å². The molecule has 2 heterocycles. The van der Waals surface area contributed by atoms with Gasteiger partial charge in [-0.1, -0.05) is 37.6 Å². The molecule has 0 aromatic heterocycles. The number of hydrogen-bond donors (Lipinski definition) is 1. The van der Waals surface area contributed by atoms with Crippen LogP contribution in [0.3, 0.4) is 0 Å². The molecule has 2 aliphatic heterocycles. The van der Waals surface area contributed by atoms with Crippen LogP contribution in [0.2, 0.25) is 0 Å². The van der Waals surface area contributed by atoms with Crippen molar-refractivity contribution >= 4 is 15.9 Å². The molecule has 29 heavy (non-hydrogen) atoms. The van der Waals surface area contributed by atoms with Gasteiger partial charge in [-0.05, 0) is 50.2 Å². The summed E-state index contributed by atoms with van der Waals surface area (Å²) in [5.74, 6) is 0.00961. The first-order valence-electron chi connectivity index (χ1n) is 11.0. The average molecular weight is 422 g/mol. The average Bonchev–Trinajstić information content (AvgIpc) is 2.71.